The average molecular weight is 334 g/mol. The summed E-state index contributed by atoms with van der Waals surface area (Å²) < 4.78 is 22.4. The number of aliphatic hydroxyl groups is 1. The van der Waals surface area contributed by atoms with Gasteiger partial charge < -0.3 is 23.1 Å². The molecule has 0 aromatic heterocycles. The number of aliphatic hydroxyl groups excluding tert-OH is 1. The van der Waals surface area contributed by atoms with E-state index >= 15 is 0 Å². The lowest BCUT2D eigenvalue weighted by molar-refractivity contribution is -0.139. The van der Waals surface area contributed by atoms with Gasteiger partial charge in [-0.1, -0.05) is 6.58 Å². The highest BCUT2D eigenvalue weighted by atomic mass is 28.4. The molecule has 0 rings (SSSR count). The van der Waals surface area contributed by atoms with E-state index in [-0.39, 0.29) is 18.8 Å². The zero-order chi connectivity index (χ0) is 17.0. The molecule has 7 heteroatoms. The van der Waals surface area contributed by atoms with Crippen LogP contribution in [0.3, 0.4) is 0 Å². The Hall–Kier alpha value is -0.733. The van der Waals surface area contributed by atoms with Gasteiger partial charge in [-0.15, -0.1) is 0 Å². The summed E-state index contributed by atoms with van der Waals surface area (Å²) >= 11 is 0. The van der Waals surface area contributed by atoms with Gasteiger partial charge in [0.2, 0.25) is 0 Å². The molecule has 0 saturated carbocycles. The van der Waals surface area contributed by atoms with Crippen LogP contribution in [0.5, 0.6) is 0 Å². The molecule has 0 spiro atoms. The van der Waals surface area contributed by atoms with E-state index < -0.39 is 14.8 Å². The molecule has 1 atom stereocenters. The van der Waals surface area contributed by atoms with E-state index in [2.05, 4.69) is 6.58 Å². The summed E-state index contributed by atoms with van der Waals surface area (Å²) in [4.78, 5) is 11.3. The Morgan fingerprint density at radius 1 is 1.14 bits per heavy atom. The second-order valence-electron chi connectivity index (χ2n) is 4.84. The minimum absolute atomic E-state index is 0.0827. The molecular formula is C15H30O6Si. The minimum atomic E-state index is -2.93. The largest absolute Gasteiger partial charge is 0.506 e. The molecule has 0 aliphatic rings. The molecular weight excluding hydrogens is 304 g/mol. The van der Waals surface area contributed by atoms with Crippen LogP contribution in [0.2, 0.25) is 5.54 Å². The van der Waals surface area contributed by atoms with Gasteiger partial charge in [0.05, 0.1) is 18.8 Å². The Morgan fingerprint density at radius 2 is 1.64 bits per heavy atom. The summed E-state index contributed by atoms with van der Waals surface area (Å²) in [5, 5.41) is 9.71. The Labute approximate surface area is 134 Å². The first-order valence-electron chi connectivity index (χ1n) is 7.82. The summed E-state index contributed by atoms with van der Waals surface area (Å²) in [6.07, 6.45) is 1.21. The first-order valence-corrected chi connectivity index (χ1v) is 9.62. The molecule has 130 valence electrons. The molecule has 0 aliphatic carbocycles. The molecule has 0 radical (unpaired) electrons. The molecule has 6 nitrogen and oxygen atoms in total. The Balaban J connectivity index is 4.64. The second kappa shape index (κ2) is 11.8. The van der Waals surface area contributed by atoms with Crippen LogP contribution in [0.15, 0.2) is 12.2 Å². The second-order valence-corrected chi connectivity index (χ2v) is 7.73. The highest BCUT2D eigenvalue weighted by Crippen LogP contribution is 2.30. The van der Waals surface area contributed by atoms with Gasteiger partial charge in [-0.2, -0.15) is 0 Å². The highest BCUT2D eigenvalue weighted by Gasteiger charge is 2.48. The molecule has 0 saturated heterocycles. The fourth-order valence-corrected chi connectivity index (χ4v) is 5.03. The van der Waals surface area contributed by atoms with Gasteiger partial charge in [-0.25, -0.2) is 4.79 Å². The molecule has 22 heavy (non-hydrogen) atoms. The van der Waals surface area contributed by atoms with E-state index in [1.165, 1.54) is 0 Å². The standard InChI is InChI=1S/C15H30O6Si/c1-6-19-22(20-7-2,21-8-3)14(12-16)10-9-11-18-15(17)13(4)5/h14,16H,4,6-12H2,1-3,5H3. The molecule has 0 aliphatic heterocycles. The zero-order valence-electron chi connectivity index (χ0n) is 14.2. The summed E-state index contributed by atoms with van der Waals surface area (Å²) in [6.45, 7) is 12.4. The molecule has 1 N–H and O–H groups in total. The molecule has 0 aromatic carbocycles. The number of ether oxygens (including phenoxy) is 1. The van der Waals surface area contributed by atoms with Crippen LogP contribution >= 0.6 is 0 Å². The SMILES string of the molecule is C=C(C)C(=O)OCCCC(CO)[Si](OCC)(OCC)OCC. The lowest BCUT2D eigenvalue weighted by atomic mass is 10.2. The summed E-state index contributed by atoms with van der Waals surface area (Å²) in [5.41, 5.74) is 0.149. The predicted octanol–water partition coefficient (Wildman–Crippen LogP) is 2.30. The summed E-state index contributed by atoms with van der Waals surface area (Å²) in [7, 11) is -2.93. The third kappa shape index (κ3) is 7.02. The van der Waals surface area contributed by atoms with Gasteiger partial charge in [0, 0.05) is 25.4 Å². The van der Waals surface area contributed by atoms with Crippen LogP contribution in [0.25, 0.3) is 0 Å². The van der Waals surface area contributed by atoms with Gasteiger partial charge in [0.15, 0.2) is 0 Å². The smallest absolute Gasteiger partial charge is 0.462 e. The third-order valence-electron chi connectivity index (χ3n) is 3.04. The van der Waals surface area contributed by atoms with Gasteiger partial charge in [-0.05, 0) is 40.5 Å². The first kappa shape index (κ1) is 21.3. The number of hydrogen-bond donors (Lipinski definition) is 1. The van der Waals surface area contributed by atoms with E-state index in [1.807, 2.05) is 20.8 Å². The van der Waals surface area contributed by atoms with Crippen molar-refractivity contribution < 1.29 is 27.9 Å². The Bertz CT molecular complexity index is 317. The van der Waals surface area contributed by atoms with Crippen LogP contribution in [0, 0.1) is 0 Å². The lowest BCUT2D eigenvalue weighted by Gasteiger charge is -2.34. The summed E-state index contributed by atoms with van der Waals surface area (Å²) in [5.74, 6) is -0.400. The highest BCUT2D eigenvalue weighted by molar-refractivity contribution is 6.62. The van der Waals surface area contributed by atoms with Crippen molar-refractivity contribution in [3.63, 3.8) is 0 Å². The van der Waals surface area contributed by atoms with Crippen LogP contribution in [0.1, 0.15) is 40.5 Å². The predicted molar refractivity (Wildman–Crippen MR) is 86.5 cm³/mol. The maximum Gasteiger partial charge on any atom is 0.506 e. The van der Waals surface area contributed by atoms with E-state index in [1.54, 1.807) is 6.92 Å². The third-order valence-corrected chi connectivity index (χ3v) is 6.58. The van der Waals surface area contributed by atoms with Gasteiger partial charge in [0.1, 0.15) is 0 Å². The molecule has 0 heterocycles. The van der Waals surface area contributed by atoms with Crippen molar-refractivity contribution in [2.45, 2.75) is 46.1 Å². The fraction of sp³-hybridized carbons (Fsp3) is 0.800. The van der Waals surface area contributed by atoms with Crippen molar-refractivity contribution in [1.29, 1.82) is 0 Å². The topological polar surface area (TPSA) is 74.2 Å². The normalized spacial score (nSPS) is 13.0. The molecule has 0 fully saturated rings. The minimum Gasteiger partial charge on any atom is -0.462 e. The molecule has 1 unspecified atom stereocenters. The maximum atomic E-state index is 11.3. The van der Waals surface area contributed by atoms with Crippen molar-refractivity contribution in [2.24, 2.45) is 0 Å². The van der Waals surface area contributed by atoms with E-state index in [4.69, 9.17) is 18.0 Å². The Kier molecular flexibility index (Phi) is 11.4. The van der Waals surface area contributed by atoms with Gasteiger partial charge in [-0.3, -0.25) is 0 Å². The number of hydrogen-bond acceptors (Lipinski definition) is 6. The van der Waals surface area contributed by atoms with Crippen molar-refractivity contribution in [3.8, 4) is 0 Å². The van der Waals surface area contributed by atoms with Crippen molar-refractivity contribution in [1.82, 2.24) is 0 Å². The van der Waals surface area contributed by atoms with Gasteiger partial charge >= 0.3 is 14.8 Å². The van der Waals surface area contributed by atoms with Crippen LogP contribution < -0.4 is 0 Å². The fourth-order valence-electron chi connectivity index (χ4n) is 2.08. The maximum absolute atomic E-state index is 11.3. The lowest BCUT2D eigenvalue weighted by Crippen LogP contribution is -2.51. The number of esters is 1. The van der Waals surface area contributed by atoms with E-state index in [9.17, 15) is 9.90 Å². The van der Waals surface area contributed by atoms with Crippen LogP contribution in [0.4, 0.5) is 0 Å². The first-order chi connectivity index (χ1) is 10.5. The monoisotopic (exact) mass is 334 g/mol. The molecule has 0 amide bonds. The number of carbonyl (C=O) groups is 1. The van der Waals surface area contributed by atoms with E-state index in [0.29, 0.717) is 38.2 Å². The summed E-state index contributed by atoms with van der Waals surface area (Å²) in [6, 6.07) is 0. The molecule has 0 aromatic rings. The van der Waals surface area contributed by atoms with Gasteiger partial charge in [0.25, 0.3) is 0 Å². The quantitative estimate of drug-likeness (QED) is 0.241. The number of rotatable bonds is 13. The van der Waals surface area contributed by atoms with Crippen molar-refractivity contribution >= 4 is 14.8 Å². The van der Waals surface area contributed by atoms with Crippen LogP contribution in [-0.4, -0.2) is 52.9 Å². The average Bonchev–Trinajstić information content (AvgIpc) is 2.47. The van der Waals surface area contributed by atoms with Crippen molar-refractivity contribution in [2.75, 3.05) is 33.0 Å². The van der Waals surface area contributed by atoms with Crippen LogP contribution in [-0.2, 0) is 22.8 Å². The number of carbonyl (C=O) groups excluding carboxylic acids is 1. The van der Waals surface area contributed by atoms with E-state index in [0.717, 1.165) is 0 Å². The molecule has 0 bridgehead atoms. The van der Waals surface area contributed by atoms with Crippen molar-refractivity contribution in [3.05, 3.63) is 12.2 Å². The Morgan fingerprint density at radius 3 is 2.00 bits per heavy atom. The zero-order valence-corrected chi connectivity index (χ0v) is 15.2.